The Bertz CT molecular complexity index is 969. The van der Waals surface area contributed by atoms with Crippen molar-refractivity contribution in [1.82, 2.24) is 35.1 Å². The van der Waals surface area contributed by atoms with Crippen LogP contribution in [0, 0.1) is 6.92 Å². The van der Waals surface area contributed by atoms with Crippen LogP contribution in [0.25, 0.3) is 5.65 Å². The minimum atomic E-state index is -4.64. The molecule has 3 heterocycles. The van der Waals surface area contributed by atoms with Crippen LogP contribution in [0.4, 0.5) is 13.2 Å². The number of nitrogens with zero attached hydrogens (tertiary/aromatic N) is 4. The van der Waals surface area contributed by atoms with Crippen LogP contribution in [0.15, 0.2) is 17.1 Å². The predicted molar refractivity (Wildman–Crippen MR) is 73.1 cm³/mol. The molecule has 0 atom stereocenters. The second-order valence-corrected chi connectivity index (χ2v) is 4.88. The molecule has 24 heavy (non-hydrogen) atoms. The molecule has 0 unspecified atom stereocenters. The fraction of sp³-hybridized carbons (Fsp3) is 0.250. The molecule has 0 saturated carbocycles. The fourth-order valence-corrected chi connectivity index (χ4v) is 2.09. The number of fused-ring (bicyclic) bond motifs is 1. The number of halogens is 3. The van der Waals surface area contributed by atoms with Crippen molar-refractivity contribution in [2.45, 2.75) is 19.6 Å². The molecule has 0 aliphatic heterocycles. The van der Waals surface area contributed by atoms with E-state index in [9.17, 15) is 22.8 Å². The highest BCUT2D eigenvalue weighted by Crippen LogP contribution is 2.30. The lowest BCUT2D eigenvalue weighted by molar-refractivity contribution is -0.142. The molecule has 12 heteroatoms. The minimum Gasteiger partial charge on any atom is -0.345 e. The highest BCUT2D eigenvalue weighted by Gasteiger charge is 2.35. The van der Waals surface area contributed by atoms with E-state index in [0.717, 1.165) is 12.3 Å². The van der Waals surface area contributed by atoms with Crippen LogP contribution in [-0.4, -0.2) is 35.7 Å². The Morgan fingerprint density at radius 1 is 1.42 bits per heavy atom. The first kappa shape index (κ1) is 15.7. The number of alkyl halides is 3. The summed E-state index contributed by atoms with van der Waals surface area (Å²) in [6.45, 7) is 1.27. The summed E-state index contributed by atoms with van der Waals surface area (Å²) in [6.07, 6.45) is -3.64. The first-order valence-corrected chi connectivity index (χ1v) is 6.60. The number of rotatable bonds is 3. The average Bonchev–Trinajstić information content (AvgIpc) is 3.09. The van der Waals surface area contributed by atoms with Gasteiger partial charge in [-0.05, 0) is 13.0 Å². The average molecular weight is 341 g/mol. The minimum absolute atomic E-state index is 0.0982. The molecule has 0 spiro atoms. The SMILES string of the molecule is Cc1cc(C(F)(F)F)n2ncc(C(=O)NCc3n[nH]c(=O)[nH]3)c2n1. The van der Waals surface area contributed by atoms with Crippen molar-refractivity contribution in [3.8, 4) is 0 Å². The van der Waals surface area contributed by atoms with Crippen molar-refractivity contribution < 1.29 is 18.0 Å². The van der Waals surface area contributed by atoms with Crippen molar-refractivity contribution in [1.29, 1.82) is 0 Å². The molecule has 0 fully saturated rings. The largest absolute Gasteiger partial charge is 0.433 e. The highest BCUT2D eigenvalue weighted by atomic mass is 19.4. The van der Waals surface area contributed by atoms with Crippen molar-refractivity contribution in [2.24, 2.45) is 0 Å². The number of aromatic nitrogens is 6. The van der Waals surface area contributed by atoms with Crippen molar-refractivity contribution >= 4 is 11.6 Å². The van der Waals surface area contributed by atoms with Crippen LogP contribution in [-0.2, 0) is 12.7 Å². The number of hydrogen-bond acceptors (Lipinski definition) is 5. The van der Waals surface area contributed by atoms with Gasteiger partial charge in [0.2, 0.25) is 0 Å². The van der Waals surface area contributed by atoms with Gasteiger partial charge in [-0.15, -0.1) is 0 Å². The normalized spacial score (nSPS) is 11.8. The first-order valence-electron chi connectivity index (χ1n) is 6.60. The van der Waals surface area contributed by atoms with Gasteiger partial charge in [-0.25, -0.2) is 19.4 Å². The number of H-pyrrole nitrogens is 2. The third-order valence-corrected chi connectivity index (χ3v) is 3.10. The molecule has 1 amide bonds. The number of aryl methyl sites for hydroxylation is 1. The summed E-state index contributed by atoms with van der Waals surface area (Å²) in [5.74, 6) is -0.523. The highest BCUT2D eigenvalue weighted by molar-refractivity contribution is 5.99. The van der Waals surface area contributed by atoms with Gasteiger partial charge < -0.3 is 5.32 Å². The van der Waals surface area contributed by atoms with Gasteiger partial charge in [0.15, 0.2) is 5.65 Å². The second-order valence-electron chi connectivity index (χ2n) is 4.88. The van der Waals surface area contributed by atoms with Gasteiger partial charge in [-0.2, -0.15) is 23.4 Å². The maximum absolute atomic E-state index is 13.0. The molecule has 0 radical (unpaired) electrons. The second kappa shape index (κ2) is 5.47. The smallest absolute Gasteiger partial charge is 0.345 e. The van der Waals surface area contributed by atoms with Gasteiger partial charge in [-0.3, -0.25) is 9.78 Å². The first-order chi connectivity index (χ1) is 11.3. The van der Waals surface area contributed by atoms with E-state index in [1.807, 2.05) is 0 Å². The van der Waals surface area contributed by atoms with E-state index in [-0.39, 0.29) is 29.3 Å². The summed E-state index contributed by atoms with van der Waals surface area (Å²) in [4.78, 5) is 29.3. The van der Waals surface area contributed by atoms with Gasteiger partial charge in [0, 0.05) is 5.69 Å². The summed E-state index contributed by atoms with van der Waals surface area (Å²) in [5.41, 5.74) is -1.80. The molecule has 3 aromatic heterocycles. The number of nitrogens with one attached hydrogen (secondary N) is 3. The van der Waals surface area contributed by atoms with Gasteiger partial charge in [0.25, 0.3) is 5.91 Å². The lowest BCUT2D eigenvalue weighted by atomic mass is 10.2. The Hall–Kier alpha value is -3.18. The van der Waals surface area contributed by atoms with Crippen molar-refractivity contribution in [3.63, 3.8) is 0 Å². The lowest BCUT2D eigenvalue weighted by Crippen LogP contribution is -2.24. The third kappa shape index (κ3) is 2.85. The Morgan fingerprint density at radius 3 is 2.79 bits per heavy atom. The zero-order chi connectivity index (χ0) is 17.5. The van der Waals surface area contributed by atoms with E-state index in [2.05, 4.69) is 30.6 Å². The monoisotopic (exact) mass is 341 g/mol. The maximum Gasteiger partial charge on any atom is 0.433 e. The third-order valence-electron chi connectivity index (χ3n) is 3.10. The Kier molecular flexibility index (Phi) is 3.58. The molecule has 0 aliphatic carbocycles. The lowest BCUT2D eigenvalue weighted by Gasteiger charge is -2.09. The van der Waals surface area contributed by atoms with Crippen LogP contribution in [0.5, 0.6) is 0 Å². The summed E-state index contributed by atoms with van der Waals surface area (Å²) in [5, 5.41) is 11.7. The van der Waals surface area contributed by atoms with Crippen LogP contribution < -0.4 is 11.0 Å². The number of hydrogen-bond donors (Lipinski definition) is 3. The molecule has 9 nitrogen and oxygen atoms in total. The summed E-state index contributed by atoms with van der Waals surface area (Å²) < 4.78 is 39.7. The molecule has 3 rings (SSSR count). The number of amides is 1. The van der Waals surface area contributed by atoms with Gasteiger partial charge in [-0.1, -0.05) is 0 Å². The fourth-order valence-electron chi connectivity index (χ4n) is 2.09. The van der Waals surface area contributed by atoms with E-state index in [1.165, 1.54) is 6.92 Å². The number of carbonyl (C=O) groups is 1. The summed E-state index contributed by atoms with van der Waals surface area (Å²) in [6, 6.07) is 0.843. The zero-order valence-electron chi connectivity index (χ0n) is 12.1. The summed E-state index contributed by atoms with van der Waals surface area (Å²) in [7, 11) is 0. The quantitative estimate of drug-likeness (QED) is 0.637. The van der Waals surface area contributed by atoms with Crippen LogP contribution in [0.2, 0.25) is 0 Å². The molecule has 0 aliphatic rings. The zero-order valence-corrected chi connectivity index (χ0v) is 12.1. The predicted octanol–water partition coefficient (Wildman–Crippen LogP) is 0.398. The van der Waals surface area contributed by atoms with Crippen LogP contribution in [0.1, 0.15) is 27.6 Å². The van der Waals surface area contributed by atoms with Gasteiger partial charge in [0.05, 0.1) is 12.7 Å². The van der Waals surface area contributed by atoms with Gasteiger partial charge in [0.1, 0.15) is 17.1 Å². The Labute approximate surface area is 130 Å². The summed E-state index contributed by atoms with van der Waals surface area (Å²) >= 11 is 0. The molecular formula is C12H10F3N7O2. The molecule has 0 saturated heterocycles. The van der Waals surface area contributed by atoms with Crippen LogP contribution >= 0.6 is 0 Å². The topological polar surface area (TPSA) is 121 Å². The molecular weight excluding hydrogens is 331 g/mol. The molecule has 3 N–H and O–H groups in total. The number of carbonyl (C=O) groups excluding carboxylic acids is 1. The van der Waals surface area contributed by atoms with Crippen LogP contribution in [0.3, 0.4) is 0 Å². The van der Waals surface area contributed by atoms with E-state index < -0.39 is 23.5 Å². The standard InChI is InChI=1S/C12H10F3N7O2/c1-5-2-7(12(13,14)15)22-9(18-5)6(3-17-22)10(23)16-4-8-19-11(24)21-20-8/h2-3H,4H2,1H3,(H,16,23)(H2,19,20,21,24). The maximum atomic E-state index is 13.0. The van der Waals surface area contributed by atoms with Gasteiger partial charge >= 0.3 is 11.9 Å². The Balaban J connectivity index is 1.93. The molecule has 3 aromatic rings. The Morgan fingerprint density at radius 2 is 2.17 bits per heavy atom. The number of aromatic amines is 2. The molecule has 0 bridgehead atoms. The van der Waals surface area contributed by atoms with E-state index >= 15 is 0 Å². The van der Waals surface area contributed by atoms with E-state index in [1.54, 1.807) is 0 Å². The van der Waals surface area contributed by atoms with Crippen molar-refractivity contribution in [3.05, 3.63) is 45.5 Å². The molecule has 126 valence electrons. The van der Waals surface area contributed by atoms with E-state index in [0.29, 0.717) is 4.52 Å². The molecule has 0 aromatic carbocycles. The van der Waals surface area contributed by atoms with Crippen molar-refractivity contribution in [2.75, 3.05) is 0 Å². The van der Waals surface area contributed by atoms with E-state index in [4.69, 9.17) is 0 Å².